The Morgan fingerprint density at radius 2 is 1.72 bits per heavy atom. The Balaban J connectivity index is 1.86. The van der Waals surface area contributed by atoms with Gasteiger partial charge in [-0.05, 0) is 54.7 Å². The van der Waals surface area contributed by atoms with Crippen molar-refractivity contribution in [2.24, 2.45) is 0 Å². The molecule has 0 saturated carbocycles. The summed E-state index contributed by atoms with van der Waals surface area (Å²) in [6, 6.07) is 7.78. The van der Waals surface area contributed by atoms with Gasteiger partial charge in [0.2, 0.25) is 0 Å². The highest BCUT2D eigenvalue weighted by Crippen LogP contribution is 2.31. The molecule has 1 aliphatic rings. The summed E-state index contributed by atoms with van der Waals surface area (Å²) in [7, 11) is -1.42. The third-order valence-electron chi connectivity index (χ3n) is 4.53. The fourth-order valence-corrected chi connectivity index (χ4v) is 3.19. The lowest BCUT2D eigenvalue weighted by atomic mass is 10.0. The van der Waals surface area contributed by atoms with Gasteiger partial charge >= 0.3 is 0 Å². The number of hydrogen-bond donors (Lipinski definition) is 2. The first-order chi connectivity index (χ1) is 15.1. The van der Waals surface area contributed by atoms with E-state index >= 15 is 0 Å². The number of halogens is 2. The lowest BCUT2D eigenvalue weighted by molar-refractivity contribution is -0.127. The second-order valence-corrected chi connectivity index (χ2v) is 6.34. The molecule has 0 bridgehead atoms. The van der Waals surface area contributed by atoms with E-state index in [-0.39, 0.29) is 28.9 Å². The Kier molecular flexibility index (Phi) is 5.08. The van der Waals surface area contributed by atoms with Gasteiger partial charge in [0, 0.05) is 11.1 Å². The van der Waals surface area contributed by atoms with E-state index in [0.29, 0.717) is 18.4 Å². The second-order valence-electron chi connectivity index (χ2n) is 6.34. The summed E-state index contributed by atoms with van der Waals surface area (Å²) in [6.07, 6.45) is 1.18. The molecule has 29 heavy (non-hydrogen) atoms. The number of carbonyl (C=O) groups is 2. The predicted octanol–water partition coefficient (Wildman–Crippen LogP) is 3.74. The average molecular weight is 405 g/mol. The zero-order chi connectivity index (χ0) is 23.5. The Labute approximate surface area is 170 Å². The first-order valence-electron chi connectivity index (χ1n) is 10.2. The van der Waals surface area contributed by atoms with Crippen LogP contribution in [0, 0.1) is 11.6 Å². The molecule has 6 nitrogen and oxygen atoms in total. The van der Waals surface area contributed by atoms with Crippen molar-refractivity contribution in [1.82, 2.24) is 5.48 Å². The summed E-state index contributed by atoms with van der Waals surface area (Å²) in [5.74, 6) is -3.40. The Bertz CT molecular complexity index is 1060. The first kappa shape index (κ1) is 16.7. The van der Waals surface area contributed by atoms with Gasteiger partial charge < -0.3 is 10.1 Å². The SMILES string of the molecule is [2H]C([2H])([2H])Oc1cccc(-c2cc(F)c(NC(=O)C3=C(C(=O)NOC)CCC3)c(F)c2)c1. The first-order valence-corrected chi connectivity index (χ1v) is 8.74. The van der Waals surface area contributed by atoms with E-state index in [1.54, 1.807) is 0 Å². The number of methoxy groups -OCH3 is 1. The normalized spacial score (nSPS) is 15.3. The van der Waals surface area contributed by atoms with Crippen molar-refractivity contribution >= 4 is 17.5 Å². The lowest BCUT2D eigenvalue weighted by Gasteiger charge is -2.12. The smallest absolute Gasteiger partial charge is 0.271 e. The van der Waals surface area contributed by atoms with Crippen molar-refractivity contribution in [1.29, 1.82) is 0 Å². The summed E-state index contributed by atoms with van der Waals surface area (Å²) >= 11 is 0. The van der Waals surface area contributed by atoms with Gasteiger partial charge in [0.25, 0.3) is 11.8 Å². The van der Waals surface area contributed by atoms with Gasteiger partial charge in [-0.1, -0.05) is 12.1 Å². The summed E-state index contributed by atoms with van der Waals surface area (Å²) in [4.78, 5) is 29.1. The summed E-state index contributed by atoms with van der Waals surface area (Å²) in [6.45, 7) is 0. The van der Waals surface area contributed by atoms with E-state index in [2.05, 4.69) is 15.6 Å². The highest BCUT2D eigenvalue weighted by atomic mass is 19.1. The fourth-order valence-electron chi connectivity index (χ4n) is 3.19. The number of hydroxylamine groups is 1. The van der Waals surface area contributed by atoms with Crippen LogP contribution in [0.4, 0.5) is 14.5 Å². The van der Waals surface area contributed by atoms with Gasteiger partial charge in [-0.25, -0.2) is 14.3 Å². The number of rotatable bonds is 6. The van der Waals surface area contributed by atoms with Gasteiger partial charge in [0.05, 0.1) is 18.3 Å². The summed E-state index contributed by atoms with van der Waals surface area (Å²) in [5, 5.41) is 2.20. The van der Waals surface area contributed by atoms with Gasteiger partial charge in [-0.3, -0.25) is 14.4 Å². The molecule has 2 aromatic rings. The van der Waals surface area contributed by atoms with Crippen molar-refractivity contribution in [3.63, 3.8) is 0 Å². The van der Waals surface area contributed by atoms with Crippen LogP contribution in [0.2, 0.25) is 0 Å². The third-order valence-corrected chi connectivity index (χ3v) is 4.53. The quantitative estimate of drug-likeness (QED) is 0.718. The van der Waals surface area contributed by atoms with Crippen molar-refractivity contribution in [2.75, 3.05) is 19.5 Å². The lowest BCUT2D eigenvalue weighted by Crippen LogP contribution is -2.26. The monoisotopic (exact) mass is 405 g/mol. The molecule has 0 unspecified atom stereocenters. The van der Waals surface area contributed by atoms with Crippen LogP contribution in [0.25, 0.3) is 11.1 Å². The van der Waals surface area contributed by atoms with Crippen molar-refractivity contribution in [3.8, 4) is 16.9 Å². The minimum atomic E-state index is -2.67. The predicted molar refractivity (Wildman–Crippen MR) is 103 cm³/mol. The molecule has 8 heteroatoms. The molecule has 152 valence electrons. The Hall–Kier alpha value is -3.26. The zero-order valence-electron chi connectivity index (χ0n) is 18.5. The molecule has 1 aliphatic carbocycles. The van der Waals surface area contributed by atoms with Gasteiger partial charge in [0.15, 0.2) is 0 Å². The molecule has 2 N–H and O–H groups in total. The van der Waals surface area contributed by atoms with E-state index in [4.69, 9.17) is 8.85 Å². The van der Waals surface area contributed by atoms with Crippen LogP contribution in [-0.2, 0) is 14.4 Å². The van der Waals surface area contributed by atoms with Crippen LogP contribution in [-0.4, -0.2) is 26.0 Å². The minimum Gasteiger partial charge on any atom is -0.497 e. The maximum Gasteiger partial charge on any atom is 0.271 e. The average Bonchev–Trinajstić information content (AvgIpc) is 3.20. The molecule has 0 spiro atoms. The van der Waals surface area contributed by atoms with Gasteiger partial charge in [-0.15, -0.1) is 0 Å². The van der Waals surface area contributed by atoms with E-state index in [9.17, 15) is 18.4 Å². The van der Waals surface area contributed by atoms with Crippen molar-refractivity contribution in [2.45, 2.75) is 19.3 Å². The standard InChI is InChI=1S/C21H20F2N2O4/c1-28-14-6-3-5-12(9-14)13-10-17(22)19(18(23)11-13)24-20(26)15-7-4-8-16(15)21(27)25-29-2/h3,5-6,9-11H,4,7-8H2,1-2H3,(H,24,26)(H,25,27)/i1D3. The number of benzene rings is 2. The molecule has 2 amide bonds. The Morgan fingerprint density at radius 3 is 2.38 bits per heavy atom. The van der Waals surface area contributed by atoms with E-state index in [1.165, 1.54) is 31.4 Å². The highest BCUT2D eigenvalue weighted by molar-refractivity contribution is 6.10. The summed E-state index contributed by atoms with van der Waals surface area (Å²) in [5.41, 5.74) is 2.26. The molecular formula is C21H20F2N2O4. The minimum absolute atomic E-state index is 0.00994. The van der Waals surface area contributed by atoms with Gasteiger partial charge in [0.1, 0.15) is 23.1 Å². The van der Waals surface area contributed by atoms with E-state index in [1.807, 2.05) is 0 Å². The topological polar surface area (TPSA) is 76.7 Å². The van der Waals surface area contributed by atoms with Crippen LogP contribution >= 0.6 is 0 Å². The number of carbonyl (C=O) groups excluding carboxylic acids is 2. The fraction of sp³-hybridized carbons (Fsp3) is 0.238. The number of hydrogen-bond acceptors (Lipinski definition) is 4. The molecule has 0 saturated heterocycles. The van der Waals surface area contributed by atoms with Crippen LogP contribution in [0.5, 0.6) is 5.75 Å². The molecule has 0 aliphatic heterocycles. The maximum atomic E-state index is 14.7. The molecule has 0 atom stereocenters. The maximum absolute atomic E-state index is 14.7. The molecule has 0 radical (unpaired) electrons. The van der Waals surface area contributed by atoms with E-state index in [0.717, 1.165) is 12.1 Å². The number of amides is 2. The van der Waals surface area contributed by atoms with Crippen LogP contribution in [0.1, 0.15) is 23.4 Å². The van der Waals surface area contributed by atoms with Gasteiger partial charge in [-0.2, -0.15) is 0 Å². The van der Waals surface area contributed by atoms with Crippen LogP contribution in [0.3, 0.4) is 0 Å². The number of anilines is 1. The van der Waals surface area contributed by atoms with Crippen molar-refractivity contribution in [3.05, 3.63) is 59.2 Å². The molecule has 0 heterocycles. The Morgan fingerprint density at radius 1 is 1.03 bits per heavy atom. The molecule has 0 aromatic heterocycles. The second kappa shape index (κ2) is 8.83. The summed E-state index contributed by atoms with van der Waals surface area (Å²) < 4.78 is 55.7. The third kappa shape index (κ3) is 4.43. The van der Waals surface area contributed by atoms with Crippen LogP contribution < -0.4 is 15.5 Å². The number of nitrogens with one attached hydrogen (secondary N) is 2. The molecule has 0 fully saturated rings. The molecule has 2 aromatic carbocycles. The van der Waals surface area contributed by atoms with Crippen molar-refractivity contribution < 1.29 is 32.1 Å². The van der Waals surface area contributed by atoms with Crippen LogP contribution in [0.15, 0.2) is 47.5 Å². The van der Waals surface area contributed by atoms with E-state index < -0.39 is 36.2 Å². The largest absolute Gasteiger partial charge is 0.497 e. The molecule has 3 rings (SSSR count). The zero-order valence-corrected chi connectivity index (χ0v) is 15.5. The number of ether oxygens (including phenoxy) is 1. The molecular weight excluding hydrogens is 382 g/mol. The highest BCUT2D eigenvalue weighted by Gasteiger charge is 2.27.